The normalized spacial score (nSPS) is 22.4. The lowest BCUT2D eigenvalue weighted by molar-refractivity contribution is -0.134. The Bertz CT molecular complexity index is 554. The van der Waals surface area contributed by atoms with Gasteiger partial charge in [-0.05, 0) is 38.3 Å². The van der Waals surface area contributed by atoms with Crippen LogP contribution >= 0.6 is 0 Å². The van der Waals surface area contributed by atoms with Crippen LogP contribution in [0.4, 0.5) is 5.69 Å². The van der Waals surface area contributed by atoms with Crippen molar-refractivity contribution in [1.29, 1.82) is 0 Å². The Balaban J connectivity index is 2.44. The van der Waals surface area contributed by atoms with Gasteiger partial charge in [0.1, 0.15) is 12.1 Å². The first-order valence-electron chi connectivity index (χ1n) is 7.70. The van der Waals surface area contributed by atoms with E-state index in [1.807, 2.05) is 39.8 Å². The number of anilines is 1. The van der Waals surface area contributed by atoms with Crippen molar-refractivity contribution in [2.24, 2.45) is 0 Å². The zero-order chi connectivity index (χ0) is 15.6. The molecule has 0 aromatic heterocycles. The number of nitrogens with zero attached hydrogens (tertiary/aromatic N) is 1. The fourth-order valence-corrected chi connectivity index (χ4v) is 2.98. The number of nitrogens with one attached hydrogen (secondary N) is 1. The molecular formula is C17H24N2O2. The maximum Gasteiger partial charge on any atom is 0.250 e. The Morgan fingerprint density at radius 2 is 1.90 bits per heavy atom. The highest BCUT2D eigenvalue weighted by Gasteiger charge is 2.40. The van der Waals surface area contributed by atoms with E-state index >= 15 is 0 Å². The molecule has 114 valence electrons. The van der Waals surface area contributed by atoms with Gasteiger partial charge in [0, 0.05) is 5.69 Å². The molecule has 1 heterocycles. The van der Waals surface area contributed by atoms with Crippen LogP contribution in [0, 0.1) is 13.8 Å². The average molecular weight is 288 g/mol. The van der Waals surface area contributed by atoms with Crippen LogP contribution in [-0.2, 0) is 9.59 Å². The number of carbonyl (C=O) groups is 2. The van der Waals surface area contributed by atoms with Crippen LogP contribution in [0.1, 0.15) is 44.2 Å². The van der Waals surface area contributed by atoms with Crippen molar-refractivity contribution >= 4 is 17.5 Å². The summed E-state index contributed by atoms with van der Waals surface area (Å²) < 4.78 is 0. The lowest BCUT2D eigenvalue weighted by Gasteiger charge is -2.39. The van der Waals surface area contributed by atoms with Gasteiger partial charge in [-0.15, -0.1) is 0 Å². The van der Waals surface area contributed by atoms with E-state index < -0.39 is 12.1 Å². The summed E-state index contributed by atoms with van der Waals surface area (Å²) in [6, 6.07) is 5.19. The van der Waals surface area contributed by atoms with Crippen LogP contribution < -0.4 is 10.2 Å². The number of carbonyl (C=O) groups excluding carboxylic acids is 2. The summed E-state index contributed by atoms with van der Waals surface area (Å²) in [5.74, 6) is -0.0363. The number of rotatable bonds is 4. The Hall–Kier alpha value is -1.84. The largest absolute Gasteiger partial charge is 0.342 e. The van der Waals surface area contributed by atoms with E-state index in [2.05, 4.69) is 11.4 Å². The van der Waals surface area contributed by atoms with Gasteiger partial charge in [0.15, 0.2) is 0 Å². The second kappa shape index (κ2) is 6.29. The van der Waals surface area contributed by atoms with Crippen LogP contribution in [0.3, 0.4) is 0 Å². The summed E-state index contributed by atoms with van der Waals surface area (Å²) in [7, 11) is 0. The molecule has 0 bridgehead atoms. The van der Waals surface area contributed by atoms with Crippen LogP contribution in [0.2, 0.25) is 0 Å². The van der Waals surface area contributed by atoms with Gasteiger partial charge in [0.25, 0.3) is 0 Å². The minimum Gasteiger partial charge on any atom is -0.342 e. The topological polar surface area (TPSA) is 49.4 Å². The van der Waals surface area contributed by atoms with E-state index in [9.17, 15) is 9.59 Å². The first-order valence-corrected chi connectivity index (χ1v) is 7.70. The SMILES string of the molecule is CCCC1NC(=O)C(CC)N(c2ccc(C)cc2C)C1=O. The Kier molecular flexibility index (Phi) is 4.66. The predicted molar refractivity (Wildman–Crippen MR) is 84.3 cm³/mol. The zero-order valence-corrected chi connectivity index (χ0v) is 13.3. The van der Waals surface area contributed by atoms with E-state index in [0.717, 1.165) is 23.2 Å². The molecule has 0 saturated carbocycles. The summed E-state index contributed by atoms with van der Waals surface area (Å²) in [4.78, 5) is 26.8. The molecule has 2 rings (SSSR count). The molecule has 0 radical (unpaired) electrons. The number of amides is 2. The predicted octanol–water partition coefficient (Wildman–Crippen LogP) is 2.71. The third-order valence-corrected chi connectivity index (χ3v) is 4.04. The summed E-state index contributed by atoms with van der Waals surface area (Å²) in [5, 5.41) is 2.87. The standard InChI is InChI=1S/C17H24N2O2/c1-5-7-13-17(21)19(14(6-2)16(20)18-13)15-9-8-11(3)10-12(15)4/h8-10,13-14H,5-7H2,1-4H3,(H,18,20). The number of hydrogen-bond acceptors (Lipinski definition) is 2. The van der Waals surface area contributed by atoms with E-state index in [1.165, 1.54) is 0 Å². The van der Waals surface area contributed by atoms with Gasteiger partial charge in [-0.3, -0.25) is 14.5 Å². The fraction of sp³-hybridized carbons (Fsp3) is 0.529. The summed E-state index contributed by atoms with van der Waals surface area (Å²) in [6.07, 6.45) is 2.17. The van der Waals surface area contributed by atoms with Gasteiger partial charge in [-0.1, -0.05) is 38.0 Å². The molecule has 2 unspecified atom stereocenters. The third kappa shape index (κ3) is 2.94. The average Bonchev–Trinajstić information content (AvgIpc) is 2.43. The molecule has 4 nitrogen and oxygen atoms in total. The molecule has 2 atom stereocenters. The van der Waals surface area contributed by atoms with E-state index in [-0.39, 0.29) is 11.8 Å². The molecular weight excluding hydrogens is 264 g/mol. The quantitative estimate of drug-likeness (QED) is 0.926. The molecule has 1 aliphatic rings. The van der Waals surface area contributed by atoms with Gasteiger partial charge >= 0.3 is 0 Å². The van der Waals surface area contributed by atoms with Crippen molar-refractivity contribution in [3.63, 3.8) is 0 Å². The van der Waals surface area contributed by atoms with Crippen molar-refractivity contribution in [2.75, 3.05) is 4.90 Å². The van der Waals surface area contributed by atoms with E-state index in [1.54, 1.807) is 4.90 Å². The maximum atomic E-state index is 12.8. The van der Waals surface area contributed by atoms with E-state index in [0.29, 0.717) is 12.8 Å². The highest BCUT2D eigenvalue weighted by atomic mass is 16.2. The first kappa shape index (κ1) is 15.5. The van der Waals surface area contributed by atoms with Crippen molar-refractivity contribution in [3.8, 4) is 0 Å². The van der Waals surface area contributed by atoms with Crippen LogP contribution in [-0.4, -0.2) is 23.9 Å². The number of piperazine rings is 1. The minimum absolute atomic E-state index is 0.00949. The molecule has 1 saturated heterocycles. The van der Waals surface area contributed by atoms with Gasteiger partial charge < -0.3 is 5.32 Å². The molecule has 1 N–H and O–H groups in total. The van der Waals surface area contributed by atoms with Gasteiger partial charge in [0.2, 0.25) is 11.8 Å². The molecule has 0 aliphatic carbocycles. The number of benzene rings is 1. The lowest BCUT2D eigenvalue weighted by atomic mass is 9.99. The van der Waals surface area contributed by atoms with Crippen LogP contribution in [0.25, 0.3) is 0 Å². The molecule has 2 amide bonds. The van der Waals surface area contributed by atoms with Crippen molar-refractivity contribution in [2.45, 2.75) is 59.0 Å². The summed E-state index contributed by atoms with van der Waals surface area (Å²) in [5.41, 5.74) is 3.04. The summed E-state index contributed by atoms with van der Waals surface area (Å²) in [6.45, 7) is 7.98. The monoisotopic (exact) mass is 288 g/mol. The first-order chi connectivity index (χ1) is 9.99. The Morgan fingerprint density at radius 1 is 1.19 bits per heavy atom. The fourth-order valence-electron chi connectivity index (χ4n) is 2.98. The van der Waals surface area contributed by atoms with Crippen LogP contribution in [0.15, 0.2) is 18.2 Å². The number of aryl methyl sites for hydroxylation is 2. The smallest absolute Gasteiger partial charge is 0.250 e. The van der Waals surface area contributed by atoms with Gasteiger partial charge in [0.05, 0.1) is 0 Å². The molecule has 4 heteroatoms. The maximum absolute atomic E-state index is 12.8. The molecule has 1 aromatic rings. The van der Waals surface area contributed by atoms with E-state index in [4.69, 9.17) is 0 Å². The van der Waals surface area contributed by atoms with Gasteiger partial charge in [-0.2, -0.15) is 0 Å². The van der Waals surface area contributed by atoms with Crippen molar-refractivity contribution in [3.05, 3.63) is 29.3 Å². The van der Waals surface area contributed by atoms with Crippen LogP contribution in [0.5, 0.6) is 0 Å². The molecule has 1 fully saturated rings. The highest BCUT2D eigenvalue weighted by Crippen LogP contribution is 2.28. The molecule has 21 heavy (non-hydrogen) atoms. The molecule has 1 aliphatic heterocycles. The number of hydrogen-bond donors (Lipinski definition) is 1. The highest BCUT2D eigenvalue weighted by molar-refractivity contribution is 6.08. The van der Waals surface area contributed by atoms with Gasteiger partial charge in [-0.25, -0.2) is 0 Å². The van der Waals surface area contributed by atoms with Crippen molar-refractivity contribution in [1.82, 2.24) is 5.32 Å². The Labute approximate surface area is 126 Å². The van der Waals surface area contributed by atoms with Crippen molar-refractivity contribution < 1.29 is 9.59 Å². The Morgan fingerprint density at radius 3 is 2.48 bits per heavy atom. The second-order valence-corrected chi connectivity index (χ2v) is 5.77. The lowest BCUT2D eigenvalue weighted by Crippen LogP contribution is -2.63. The second-order valence-electron chi connectivity index (χ2n) is 5.77. The zero-order valence-electron chi connectivity index (χ0n) is 13.3. The molecule has 1 aromatic carbocycles. The summed E-state index contributed by atoms with van der Waals surface area (Å²) >= 11 is 0. The minimum atomic E-state index is -0.410. The molecule has 0 spiro atoms. The third-order valence-electron chi connectivity index (χ3n) is 4.04.